The average molecular weight is 299 g/mol. The van der Waals surface area contributed by atoms with Gasteiger partial charge in [0.15, 0.2) is 0 Å². The van der Waals surface area contributed by atoms with Crippen molar-refractivity contribution in [2.75, 3.05) is 32.8 Å². The van der Waals surface area contributed by atoms with Gasteiger partial charge in [0.05, 0.1) is 0 Å². The molecule has 1 fully saturated rings. The average Bonchev–Trinajstić information content (AvgIpc) is 2.49. The van der Waals surface area contributed by atoms with Gasteiger partial charge in [-0.05, 0) is 44.6 Å². The number of hydrogen-bond acceptors (Lipinski definition) is 3. The standard InChI is InChI=1S/C18H38N2O/c1-6-8-11-20(17(5)7-2)15-18(14-19-16(3)4)9-12-21-13-10-18/h16-17,19H,6-15H2,1-5H3. The lowest BCUT2D eigenvalue weighted by Crippen LogP contribution is -2.50. The molecule has 21 heavy (non-hydrogen) atoms. The van der Waals surface area contributed by atoms with Crippen LogP contribution in [0.25, 0.3) is 0 Å². The zero-order valence-corrected chi connectivity index (χ0v) is 15.1. The monoisotopic (exact) mass is 298 g/mol. The van der Waals surface area contributed by atoms with Gasteiger partial charge in [0.2, 0.25) is 0 Å². The smallest absolute Gasteiger partial charge is 0.0472 e. The van der Waals surface area contributed by atoms with Crippen molar-refractivity contribution in [3.05, 3.63) is 0 Å². The van der Waals surface area contributed by atoms with Crippen LogP contribution >= 0.6 is 0 Å². The Morgan fingerprint density at radius 2 is 1.81 bits per heavy atom. The van der Waals surface area contributed by atoms with Crippen molar-refractivity contribution in [1.82, 2.24) is 10.2 Å². The van der Waals surface area contributed by atoms with Crippen LogP contribution in [-0.4, -0.2) is 49.8 Å². The Bertz CT molecular complexity index is 262. The molecule has 1 rings (SSSR count). The van der Waals surface area contributed by atoms with E-state index in [1.165, 1.54) is 45.2 Å². The molecule has 1 aliphatic rings. The highest BCUT2D eigenvalue weighted by molar-refractivity contribution is 4.89. The fourth-order valence-corrected chi connectivity index (χ4v) is 3.12. The van der Waals surface area contributed by atoms with Gasteiger partial charge in [0, 0.05) is 38.4 Å². The first-order valence-corrected chi connectivity index (χ1v) is 9.08. The predicted octanol–water partition coefficient (Wildman–Crippen LogP) is 3.68. The fraction of sp³-hybridized carbons (Fsp3) is 1.00. The second kappa shape index (κ2) is 9.81. The van der Waals surface area contributed by atoms with Crippen LogP contribution in [-0.2, 0) is 4.74 Å². The Labute approximate surface area is 132 Å². The molecule has 0 spiro atoms. The van der Waals surface area contributed by atoms with Gasteiger partial charge in [-0.15, -0.1) is 0 Å². The van der Waals surface area contributed by atoms with Gasteiger partial charge in [-0.1, -0.05) is 34.1 Å². The highest BCUT2D eigenvalue weighted by Crippen LogP contribution is 2.32. The number of hydrogen-bond donors (Lipinski definition) is 1. The summed E-state index contributed by atoms with van der Waals surface area (Å²) in [7, 11) is 0. The Morgan fingerprint density at radius 1 is 1.14 bits per heavy atom. The van der Waals surface area contributed by atoms with Crippen LogP contribution < -0.4 is 5.32 Å². The third-order valence-corrected chi connectivity index (χ3v) is 4.99. The number of unbranched alkanes of at least 4 members (excludes halogenated alkanes) is 1. The highest BCUT2D eigenvalue weighted by Gasteiger charge is 2.35. The molecule has 1 saturated heterocycles. The zero-order chi connectivity index (χ0) is 15.7. The van der Waals surface area contributed by atoms with E-state index in [4.69, 9.17) is 4.74 Å². The predicted molar refractivity (Wildman–Crippen MR) is 91.9 cm³/mol. The Balaban J connectivity index is 2.70. The highest BCUT2D eigenvalue weighted by atomic mass is 16.5. The normalized spacial score (nSPS) is 20.1. The minimum absolute atomic E-state index is 0.402. The van der Waals surface area contributed by atoms with Crippen molar-refractivity contribution >= 4 is 0 Å². The van der Waals surface area contributed by atoms with E-state index in [-0.39, 0.29) is 0 Å². The first kappa shape index (κ1) is 18.9. The number of rotatable bonds is 10. The van der Waals surface area contributed by atoms with Crippen LogP contribution in [0.3, 0.4) is 0 Å². The maximum absolute atomic E-state index is 5.63. The van der Waals surface area contributed by atoms with Crippen molar-refractivity contribution in [3.63, 3.8) is 0 Å². The minimum atomic E-state index is 0.402. The quantitative estimate of drug-likeness (QED) is 0.666. The van der Waals surface area contributed by atoms with Crippen LogP contribution in [0.2, 0.25) is 0 Å². The molecule has 0 saturated carbocycles. The zero-order valence-electron chi connectivity index (χ0n) is 15.1. The molecule has 126 valence electrons. The van der Waals surface area contributed by atoms with E-state index in [9.17, 15) is 0 Å². The van der Waals surface area contributed by atoms with Crippen LogP contribution in [0.15, 0.2) is 0 Å². The van der Waals surface area contributed by atoms with Crippen LogP contribution in [0.5, 0.6) is 0 Å². The molecule has 0 amide bonds. The molecule has 0 radical (unpaired) electrons. The first-order valence-electron chi connectivity index (χ1n) is 9.08. The lowest BCUT2D eigenvalue weighted by molar-refractivity contribution is -0.0121. The lowest BCUT2D eigenvalue weighted by Gasteiger charge is -2.43. The summed E-state index contributed by atoms with van der Waals surface area (Å²) in [6.07, 6.45) is 6.24. The van der Waals surface area contributed by atoms with Crippen LogP contribution in [0.1, 0.15) is 66.7 Å². The van der Waals surface area contributed by atoms with E-state index in [0.717, 1.165) is 19.8 Å². The first-order chi connectivity index (χ1) is 10.0. The molecule has 1 unspecified atom stereocenters. The molecular formula is C18H38N2O. The van der Waals surface area contributed by atoms with E-state index in [2.05, 4.69) is 44.8 Å². The van der Waals surface area contributed by atoms with Crippen molar-refractivity contribution in [2.45, 2.75) is 78.8 Å². The largest absolute Gasteiger partial charge is 0.381 e. The summed E-state index contributed by atoms with van der Waals surface area (Å²) in [5.41, 5.74) is 0.402. The maximum atomic E-state index is 5.63. The van der Waals surface area contributed by atoms with E-state index in [0.29, 0.717) is 17.5 Å². The van der Waals surface area contributed by atoms with E-state index in [1.54, 1.807) is 0 Å². The SMILES string of the molecule is CCCCN(CC1(CNC(C)C)CCOCC1)C(C)CC. The summed E-state index contributed by atoms with van der Waals surface area (Å²) in [5.74, 6) is 0. The van der Waals surface area contributed by atoms with E-state index >= 15 is 0 Å². The molecule has 0 aromatic heterocycles. The molecule has 1 aliphatic heterocycles. The van der Waals surface area contributed by atoms with Gasteiger partial charge in [-0.25, -0.2) is 0 Å². The third kappa shape index (κ3) is 6.66. The second-order valence-corrected chi connectivity index (χ2v) is 7.23. The molecule has 1 N–H and O–H groups in total. The summed E-state index contributed by atoms with van der Waals surface area (Å²) in [5, 5.41) is 3.69. The van der Waals surface area contributed by atoms with Crippen LogP contribution in [0, 0.1) is 5.41 Å². The molecule has 0 bridgehead atoms. The summed E-state index contributed by atoms with van der Waals surface area (Å²) in [6, 6.07) is 1.26. The third-order valence-electron chi connectivity index (χ3n) is 4.99. The number of nitrogens with one attached hydrogen (secondary N) is 1. The molecule has 0 aromatic rings. The molecular weight excluding hydrogens is 260 g/mol. The summed E-state index contributed by atoms with van der Waals surface area (Å²) in [6.45, 7) is 17.0. The molecule has 1 atom stereocenters. The number of nitrogens with zero attached hydrogens (tertiary/aromatic N) is 1. The van der Waals surface area contributed by atoms with Gasteiger partial charge in [0.25, 0.3) is 0 Å². The lowest BCUT2D eigenvalue weighted by atomic mass is 9.79. The summed E-state index contributed by atoms with van der Waals surface area (Å²) < 4.78 is 5.63. The molecule has 3 nitrogen and oxygen atoms in total. The topological polar surface area (TPSA) is 24.5 Å². The Kier molecular flexibility index (Phi) is 8.84. The van der Waals surface area contributed by atoms with Crippen molar-refractivity contribution in [2.24, 2.45) is 5.41 Å². The van der Waals surface area contributed by atoms with Crippen molar-refractivity contribution in [3.8, 4) is 0 Å². The maximum Gasteiger partial charge on any atom is 0.0472 e. The molecule has 3 heteroatoms. The Hall–Kier alpha value is -0.120. The number of ether oxygens (including phenoxy) is 1. The van der Waals surface area contributed by atoms with Crippen LogP contribution in [0.4, 0.5) is 0 Å². The van der Waals surface area contributed by atoms with Gasteiger partial charge in [-0.3, -0.25) is 0 Å². The summed E-state index contributed by atoms with van der Waals surface area (Å²) in [4.78, 5) is 2.73. The Morgan fingerprint density at radius 3 is 2.33 bits per heavy atom. The van der Waals surface area contributed by atoms with Gasteiger partial charge in [-0.2, -0.15) is 0 Å². The van der Waals surface area contributed by atoms with Gasteiger partial charge in [0.1, 0.15) is 0 Å². The molecule has 0 aromatic carbocycles. The fourth-order valence-electron chi connectivity index (χ4n) is 3.12. The molecule has 1 heterocycles. The van der Waals surface area contributed by atoms with Crippen molar-refractivity contribution < 1.29 is 4.74 Å². The molecule has 0 aliphatic carbocycles. The van der Waals surface area contributed by atoms with Crippen molar-refractivity contribution in [1.29, 1.82) is 0 Å². The summed E-state index contributed by atoms with van der Waals surface area (Å²) >= 11 is 0. The van der Waals surface area contributed by atoms with E-state index in [1.807, 2.05) is 0 Å². The van der Waals surface area contributed by atoms with Gasteiger partial charge < -0.3 is 15.0 Å². The minimum Gasteiger partial charge on any atom is -0.381 e. The second-order valence-electron chi connectivity index (χ2n) is 7.23. The van der Waals surface area contributed by atoms with Gasteiger partial charge >= 0.3 is 0 Å². The van der Waals surface area contributed by atoms with E-state index < -0.39 is 0 Å².